The highest BCUT2D eigenvalue weighted by atomic mass is 15.1. The summed E-state index contributed by atoms with van der Waals surface area (Å²) in [6.45, 7) is 3.78. The van der Waals surface area contributed by atoms with Gasteiger partial charge in [-0.3, -0.25) is 0 Å². The van der Waals surface area contributed by atoms with E-state index < -0.39 is 0 Å². The summed E-state index contributed by atoms with van der Waals surface area (Å²) in [6, 6.07) is 2.36. The SMILES string of the molecule is N#CCCC1(CCN2CC[CH]CC2)CCCCC1. The Morgan fingerprint density at radius 1 is 1.06 bits per heavy atom. The maximum atomic E-state index is 8.86. The van der Waals surface area contributed by atoms with Crippen LogP contribution in [0.5, 0.6) is 0 Å². The number of rotatable bonds is 5. The van der Waals surface area contributed by atoms with Crippen LogP contribution >= 0.6 is 0 Å². The second kappa shape index (κ2) is 7.14. The summed E-state index contributed by atoms with van der Waals surface area (Å²) in [7, 11) is 0. The fourth-order valence-corrected chi connectivity index (χ4v) is 3.67. The molecular formula is C16H27N2. The van der Waals surface area contributed by atoms with E-state index in [9.17, 15) is 0 Å². The van der Waals surface area contributed by atoms with Gasteiger partial charge in [0.15, 0.2) is 0 Å². The first-order valence-electron chi connectivity index (χ1n) is 7.76. The molecule has 0 bridgehead atoms. The molecule has 2 fully saturated rings. The Morgan fingerprint density at radius 2 is 1.78 bits per heavy atom. The van der Waals surface area contributed by atoms with Crippen molar-refractivity contribution < 1.29 is 0 Å². The third-order valence-corrected chi connectivity index (χ3v) is 4.94. The minimum Gasteiger partial charge on any atom is -0.303 e. The molecule has 1 radical (unpaired) electrons. The molecular weight excluding hydrogens is 220 g/mol. The van der Waals surface area contributed by atoms with E-state index in [-0.39, 0.29) is 0 Å². The molecule has 0 atom stereocenters. The molecule has 18 heavy (non-hydrogen) atoms. The van der Waals surface area contributed by atoms with E-state index in [0.717, 1.165) is 12.8 Å². The normalized spacial score (nSPS) is 24.6. The van der Waals surface area contributed by atoms with Crippen LogP contribution in [0, 0.1) is 23.2 Å². The maximum Gasteiger partial charge on any atom is 0.0621 e. The lowest BCUT2D eigenvalue weighted by Crippen LogP contribution is -2.35. The second-order valence-electron chi connectivity index (χ2n) is 6.18. The molecule has 101 valence electrons. The van der Waals surface area contributed by atoms with Crippen LogP contribution in [0.3, 0.4) is 0 Å². The van der Waals surface area contributed by atoms with Crippen molar-refractivity contribution in [3.63, 3.8) is 0 Å². The van der Waals surface area contributed by atoms with E-state index in [1.54, 1.807) is 0 Å². The van der Waals surface area contributed by atoms with Crippen molar-refractivity contribution in [3.8, 4) is 6.07 Å². The number of hydrogen-bond donors (Lipinski definition) is 0. The first kappa shape index (κ1) is 13.9. The van der Waals surface area contributed by atoms with Crippen molar-refractivity contribution in [2.24, 2.45) is 5.41 Å². The second-order valence-corrected chi connectivity index (χ2v) is 6.18. The van der Waals surface area contributed by atoms with Crippen LogP contribution in [0.25, 0.3) is 0 Å². The van der Waals surface area contributed by atoms with Crippen LogP contribution in [-0.2, 0) is 0 Å². The monoisotopic (exact) mass is 247 g/mol. The van der Waals surface area contributed by atoms with Gasteiger partial charge in [0.2, 0.25) is 0 Å². The highest BCUT2D eigenvalue weighted by Crippen LogP contribution is 2.43. The van der Waals surface area contributed by atoms with Gasteiger partial charge in [-0.15, -0.1) is 0 Å². The smallest absolute Gasteiger partial charge is 0.0621 e. The number of nitriles is 1. The van der Waals surface area contributed by atoms with Crippen molar-refractivity contribution in [1.29, 1.82) is 5.26 Å². The Balaban J connectivity index is 1.82. The van der Waals surface area contributed by atoms with Gasteiger partial charge in [0.05, 0.1) is 6.07 Å². The van der Waals surface area contributed by atoms with Crippen molar-refractivity contribution in [1.82, 2.24) is 4.90 Å². The van der Waals surface area contributed by atoms with Gasteiger partial charge in [-0.2, -0.15) is 5.26 Å². The summed E-state index contributed by atoms with van der Waals surface area (Å²) in [5, 5.41) is 8.86. The van der Waals surface area contributed by atoms with Gasteiger partial charge in [0, 0.05) is 6.42 Å². The van der Waals surface area contributed by atoms with Gasteiger partial charge in [0.1, 0.15) is 0 Å². The quantitative estimate of drug-likeness (QED) is 0.736. The van der Waals surface area contributed by atoms with Gasteiger partial charge in [-0.25, -0.2) is 0 Å². The van der Waals surface area contributed by atoms with Gasteiger partial charge in [-0.05, 0) is 70.0 Å². The highest BCUT2D eigenvalue weighted by Gasteiger charge is 2.31. The minimum atomic E-state index is 0.509. The van der Waals surface area contributed by atoms with E-state index in [2.05, 4.69) is 17.4 Å². The molecule has 0 spiro atoms. The third kappa shape index (κ3) is 3.99. The third-order valence-electron chi connectivity index (χ3n) is 4.94. The van der Waals surface area contributed by atoms with E-state index in [1.807, 2.05) is 0 Å². The summed E-state index contributed by atoms with van der Waals surface area (Å²) in [5.74, 6) is 0. The van der Waals surface area contributed by atoms with Crippen LogP contribution in [0.1, 0.15) is 64.2 Å². The number of piperidine rings is 1. The Morgan fingerprint density at radius 3 is 2.44 bits per heavy atom. The fourth-order valence-electron chi connectivity index (χ4n) is 3.67. The highest BCUT2D eigenvalue weighted by molar-refractivity contribution is 4.88. The molecule has 0 unspecified atom stereocenters. The van der Waals surface area contributed by atoms with Gasteiger partial charge >= 0.3 is 0 Å². The lowest BCUT2D eigenvalue weighted by atomic mass is 9.69. The van der Waals surface area contributed by atoms with Crippen molar-refractivity contribution in [2.45, 2.75) is 64.2 Å². The number of nitrogens with zero attached hydrogens (tertiary/aromatic N) is 2. The van der Waals surface area contributed by atoms with Crippen LogP contribution in [0.2, 0.25) is 0 Å². The van der Waals surface area contributed by atoms with Crippen molar-refractivity contribution >= 4 is 0 Å². The summed E-state index contributed by atoms with van der Waals surface area (Å²) in [4.78, 5) is 2.63. The molecule has 2 nitrogen and oxygen atoms in total. The zero-order valence-electron chi connectivity index (χ0n) is 11.7. The lowest BCUT2D eigenvalue weighted by Gasteiger charge is -2.39. The minimum absolute atomic E-state index is 0.509. The molecule has 2 rings (SSSR count). The molecule has 0 aromatic heterocycles. The number of hydrogen-bond acceptors (Lipinski definition) is 2. The fraction of sp³-hybridized carbons (Fsp3) is 0.875. The van der Waals surface area contributed by atoms with Crippen LogP contribution in [0.4, 0.5) is 0 Å². The zero-order chi connectivity index (χ0) is 12.7. The summed E-state index contributed by atoms with van der Waals surface area (Å²) >= 11 is 0. The Labute approximate surface area is 112 Å². The summed E-state index contributed by atoms with van der Waals surface area (Å²) in [5.41, 5.74) is 0.509. The van der Waals surface area contributed by atoms with Crippen molar-refractivity contribution in [2.75, 3.05) is 19.6 Å². The molecule has 2 aliphatic rings. The zero-order valence-corrected chi connectivity index (χ0v) is 11.7. The largest absolute Gasteiger partial charge is 0.303 e. The summed E-state index contributed by atoms with van der Waals surface area (Å²) in [6.07, 6.45) is 15.1. The van der Waals surface area contributed by atoms with Crippen LogP contribution < -0.4 is 0 Å². The van der Waals surface area contributed by atoms with E-state index >= 15 is 0 Å². The molecule has 1 saturated heterocycles. The maximum absolute atomic E-state index is 8.86. The lowest BCUT2D eigenvalue weighted by molar-refractivity contribution is 0.126. The molecule has 2 heteroatoms. The average molecular weight is 247 g/mol. The molecule has 1 saturated carbocycles. The van der Waals surface area contributed by atoms with E-state index in [4.69, 9.17) is 5.26 Å². The average Bonchev–Trinajstić information content (AvgIpc) is 2.45. The molecule has 0 aromatic rings. The van der Waals surface area contributed by atoms with Gasteiger partial charge in [-0.1, -0.05) is 19.3 Å². The Hall–Kier alpha value is -0.550. The summed E-state index contributed by atoms with van der Waals surface area (Å²) < 4.78 is 0. The van der Waals surface area contributed by atoms with E-state index in [0.29, 0.717) is 5.41 Å². The predicted octanol–water partition coefficient (Wildman–Crippen LogP) is 3.93. The molecule has 1 heterocycles. The van der Waals surface area contributed by atoms with Gasteiger partial charge < -0.3 is 4.90 Å². The first-order valence-corrected chi connectivity index (χ1v) is 7.76. The Bertz CT molecular complexity index is 267. The topological polar surface area (TPSA) is 27.0 Å². The van der Waals surface area contributed by atoms with Gasteiger partial charge in [0.25, 0.3) is 0 Å². The van der Waals surface area contributed by atoms with Crippen LogP contribution in [0.15, 0.2) is 0 Å². The molecule has 0 amide bonds. The standard InChI is InChI=1S/C16H27N2/c17-12-7-10-16(8-3-1-4-9-16)11-15-18-13-5-2-6-14-18/h2H,1,3-11,13-15H2. The first-order chi connectivity index (χ1) is 8.85. The molecule has 0 aromatic carbocycles. The van der Waals surface area contributed by atoms with Crippen molar-refractivity contribution in [3.05, 3.63) is 6.42 Å². The van der Waals surface area contributed by atoms with Crippen LogP contribution in [-0.4, -0.2) is 24.5 Å². The Kier molecular flexibility index (Phi) is 5.50. The van der Waals surface area contributed by atoms with E-state index in [1.165, 1.54) is 71.0 Å². The molecule has 1 aliphatic carbocycles. The molecule has 0 N–H and O–H groups in total. The predicted molar refractivity (Wildman–Crippen MR) is 75.0 cm³/mol. The number of likely N-dealkylation sites (tertiary alicyclic amines) is 1. The molecule has 1 aliphatic heterocycles.